The number of carboxylic acids is 1. The summed E-state index contributed by atoms with van der Waals surface area (Å²) in [4.78, 5) is 24.5. The molecule has 0 unspecified atom stereocenters. The van der Waals surface area contributed by atoms with Crippen LogP contribution in [-0.4, -0.2) is 43.0 Å². The molecular formula is C14H13NO5S2. The number of carboxylic acid groups (broad SMARTS) is 1. The highest BCUT2D eigenvalue weighted by Crippen LogP contribution is 2.33. The lowest BCUT2D eigenvalue weighted by Crippen LogP contribution is -2.29. The van der Waals surface area contributed by atoms with E-state index in [1.165, 1.54) is 29.2 Å². The Hall–Kier alpha value is -2.06. The molecule has 8 heteroatoms. The van der Waals surface area contributed by atoms with Crippen molar-refractivity contribution >= 4 is 46.3 Å². The lowest BCUT2D eigenvalue weighted by Gasteiger charge is -2.13. The van der Waals surface area contributed by atoms with Crippen molar-refractivity contribution in [2.75, 3.05) is 6.54 Å². The number of aromatic hydroxyl groups is 2. The molecule has 0 spiro atoms. The van der Waals surface area contributed by atoms with E-state index < -0.39 is 5.97 Å². The molecule has 1 aromatic rings. The highest BCUT2D eigenvalue weighted by Gasteiger charge is 2.31. The number of carbonyl (C=O) groups excluding carboxylic acids is 1. The lowest BCUT2D eigenvalue weighted by molar-refractivity contribution is -0.137. The van der Waals surface area contributed by atoms with Gasteiger partial charge in [0.2, 0.25) is 0 Å². The minimum absolute atomic E-state index is 0.0312. The molecule has 1 amide bonds. The standard InChI is InChI=1S/C14H13NO5S2/c16-9-4-8(5-10(17)7-9)6-11-13(20)15(14(21)22-11)3-1-2-12(18)19/h4-7,16-17H,1-3H2,(H,18,19). The molecule has 1 aliphatic rings. The van der Waals surface area contributed by atoms with Crippen LogP contribution in [0.4, 0.5) is 0 Å². The lowest BCUT2D eigenvalue weighted by atomic mass is 10.2. The summed E-state index contributed by atoms with van der Waals surface area (Å²) in [5, 5.41) is 27.5. The van der Waals surface area contributed by atoms with Gasteiger partial charge >= 0.3 is 5.97 Å². The van der Waals surface area contributed by atoms with Crippen molar-refractivity contribution in [2.24, 2.45) is 0 Å². The predicted molar refractivity (Wildman–Crippen MR) is 86.5 cm³/mol. The largest absolute Gasteiger partial charge is 0.508 e. The van der Waals surface area contributed by atoms with Crippen LogP contribution >= 0.6 is 24.0 Å². The van der Waals surface area contributed by atoms with Gasteiger partial charge in [-0.1, -0.05) is 24.0 Å². The Kier molecular flexibility index (Phi) is 5.04. The van der Waals surface area contributed by atoms with E-state index in [0.717, 1.165) is 11.8 Å². The fraction of sp³-hybridized carbons (Fsp3) is 0.214. The summed E-state index contributed by atoms with van der Waals surface area (Å²) in [7, 11) is 0. The molecular weight excluding hydrogens is 326 g/mol. The number of phenolic OH excluding ortho intramolecular Hbond substituents is 2. The van der Waals surface area contributed by atoms with Crippen molar-refractivity contribution in [3.05, 3.63) is 28.7 Å². The maximum Gasteiger partial charge on any atom is 0.303 e. The smallest absolute Gasteiger partial charge is 0.303 e. The third-order valence-electron chi connectivity index (χ3n) is 2.87. The van der Waals surface area contributed by atoms with Gasteiger partial charge < -0.3 is 15.3 Å². The number of carbonyl (C=O) groups is 2. The molecule has 0 atom stereocenters. The zero-order valence-corrected chi connectivity index (χ0v) is 13.0. The van der Waals surface area contributed by atoms with Crippen molar-refractivity contribution < 1.29 is 24.9 Å². The van der Waals surface area contributed by atoms with E-state index in [9.17, 15) is 19.8 Å². The van der Waals surface area contributed by atoms with E-state index in [1.807, 2.05) is 0 Å². The van der Waals surface area contributed by atoms with E-state index >= 15 is 0 Å². The van der Waals surface area contributed by atoms with Crippen LogP contribution in [-0.2, 0) is 9.59 Å². The van der Waals surface area contributed by atoms with E-state index in [2.05, 4.69) is 0 Å². The summed E-state index contributed by atoms with van der Waals surface area (Å²) in [5.41, 5.74) is 0.475. The average molecular weight is 339 g/mol. The van der Waals surface area contributed by atoms with Gasteiger partial charge in [0.1, 0.15) is 15.8 Å². The average Bonchev–Trinajstić information content (AvgIpc) is 2.64. The van der Waals surface area contributed by atoms with E-state index in [4.69, 9.17) is 17.3 Å². The van der Waals surface area contributed by atoms with Crippen molar-refractivity contribution in [1.29, 1.82) is 0 Å². The number of phenols is 2. The summed E-state index contributed by atoms with van der Waals surface area (Å²) in [6, 6.07) is 4.02. The Bertz CT molecular complexity index is 651. The minimum Gasteiger partial charge on any atom is -0.508 e. The molecule has 116 valence electrons. The number of rotatable bonds is 5. The quantitative estimate of drug-likeness (QED) is 0.558. The summed E-state index contributed by atoms with van der Waals surface area (Å²) in [6.07, 6.45) is 1.81. The van der Waals surface area contributed by atoms with Gasteiger partial charge in [-0.25, -0.2) is 0 Å². The zero-order valence-electron chi connectivity index (χ0n) is 11.4. The Morgan fingerprint density at radius 2 is 1.91 bits per heavy atom. The fourth-order valence-electron chi connectivity index (χ4n) is 1.93. The minimum atomic E-state index is -0.920. The van der Waals surface area contributed by atoms with Gasteiger partial charge in [-0.05, 0) is 30.2 Å². The Balaban J connectivity index is 2.13. The van der Waals surface area contributed by atoms with Crippen molar-refractivity contribution in [3.8, 4) is 11.5 Å². The van der Waals surface area contributed by atoms with Crippen LogP contribution < -0.4 is 0 Å². The molecule has 3 N–H and O–H groups in total. The van der Waals surface area contributed by atoms with Gasteiger partial charge in [0.15, 0.2) is 0 Å². The molecule has 1 heterocycles. The molecule has 22 heavy (non-hydrogen) atoms. The van der Waals surface area contributed by atoms with Gasteiger partial charge in [0, 0.05) is 19.0 Å². The summed E-state index contributed by atoms with van der Waals surface area (Å²) < 4.78 is 0.367. The number of hydrogen-bond acceptors (Lipinski definition) is 6. The number of nitrogens with zero attached hydrogens (tertiary/aromatic N) is 1. The van der Waals surface area contributed by atoms with Gasteiger partial charge in [0.25, 0.3) is 5.91 Å². The highest BCUT2D eigenvalue weighted by atomic mass is 32.2. The van der Waals surface area contributed by atoms with Crippen LogP contribution in [0.5, 0.6) is 11.5 Å². The molecule has 0 bridgehead atoms. The molecule has 6 nitrogen and oxygen atoms in total. The first-order chi connectivity index (χ1) is 10.4. The number of benzene rings is 1. The maximum absolute atomic E-state index is 12.2. The molecule has 1 aromatic carbocycles. The number of thioether (sulfide) groups is 1. The summed E-state index contributed by atoms with van der Waals surface area (Å²) in [5.74, 6) is -1.44. The number of hydrogen-bond donors (Lipinski definition) is 3. The fourth-order valence-corrected chi connectivity index (χ4v) is 3.24. The molecule has 0 saturated carbocycles. The van der Waals surface area contributed by atoms with Crippen LogP contribution in [0.2, 0.25) is 0 Å². The number of aliphatic carboxylic acids is 1. The maximum atomic E-state index is 12.2. The van der Waals surface area contributed by atoms with Gasteiger partial charge in [-0.15, -0.1) is 0 Å². The third kappa shape index (κ3) is 3.99. The van der Waals surface area contributed by atoms with E-state index in [-0.39, 0.29) is 30.4 Å². The molecule has 0 aromatic heterocycles. The zero-order chi connectivity index (χ0) is 16.3. The van der Waals surface area contributed by atoms with Crippen molar-refractivity contribution in [1.82, 2.24) is 4.90 Å². The second kappa shape index (κ2) is 6.80. The SMILES string of the molecule is O=C(O)CCCN1C(=O)C(=Cc2cc(O)cc(O)c2)SC1=S. The second-order valence-corrected chi connectivity index (χ2v) is 6.29. The first-order valence-electron chi connectivity index (χ1n) is 6.37. The highest BCUT2D eigenvalue weighted by molar-refractivity contribution is 8.26. The summed E-state index contributed by atoms with van der Waals surface area (Å²) >= 11 is 6.23. The molecule has 1 saturated heterocycles. The predicted octanol–water partition coefficient (Wildman–Crippen LogP) is 2.16. The Labute approximate surface area is 136 Å². The summed E-state index contributed by atoms with van der Waals surface area (Å²) in [6.45, 7) is 0.250. The van der Waals surface area contributed by atoms with Crippen LogP contribution in [0.15, 0.2) is 23.1 Å². The van der Waals surface area contributed by atoms with Gasteiger partial charge in [0.05, 0.1) is 4.91 Å². The van der Waals surface area contributed by atoms with E-state index in [0.29, 0.717) is 21.2 Å². The van der Waals surface area contributed by atoms with Crippen LogP contribution in [0.3, 0.4) is 0 Å². The number of amides is 1. The normalized spacial score (nSPS) is 16.5. The Morgan fingerprint density at radius 3 is 2.50 bits per heavy atom. The van der Waals surface area contributed by atoms with Crippen LogP contribution in [0, 0.1) is 0 Å². The molecule has 0 aliphatic carbocycles. The van der Waals surface area contributed by atoms with E-state index in [1.54, 1.807) is 0 Å². The molecule has 1 fully saturated rings. The van der Waals surface area contributed by atoms with Gasteiger partial charge in [-0.2, -0.15) is 0 Å². The first-order valence-corrected chi connectivity index (χ1v) is 7.59. The molecule has 2 rings (SSSR count). The van der Waals surface area contributed by atoms with Crippen molar-refractivity contribution in [2.45, 2.75) is 12.8 Å². The second-order valence-electron chi connectivity index (χ2n) is 4.61. The van der Waals surface area contributed by atoms with Crippen LogP contribution in [0.25, 0.3) is 6.08 Å². The topological polar surface area (TPSA) is 98.1 Å². The number of thiocarbonyl (C=S) groups is 1. The molecule has 1 aliphatic heterocycles. The Morgan fingerprint density at radius 1 is 1.27 bits per heavy atom. The van der Waals surface area contributed by atoms with Crippen LogP contribution in [0.1, 0.15) is 18.4 Å². The molecule has 0 radical (unpaired) electrons. The van der Waals surface area contributed by atoms with Gasteiger partial charge in [-0.3, -0.25) is 14.5 Å². The third-order valence-corrected chi connectivity index (χ3v) is 4.25. The first kappa shape index (κ1) is 16.3. The monoisotopic (exact) mass is 339 g/mol. The van der Waals surface area contributed by atoms with Crippen molar-refractivity contribution in [3.63, 3.8) is 0 Å².